The van der Waals surface area contributed by atoms with Crippen LogP contribution < -0.4 is 4.90 Å². The SMILES string of the molecule is CCC1(O)CN(c2nc(Cl)nc3c2cnn3-c2cccc(S(C)(=O)=O)c2)C1. The maximum Gasteiger partial charge on any atom is 0.226 e. The Labute approximate surface area is 161 Å². The minimum absolute atomic E-state index is 0.0606. The summed E-state index contributed by atoms with van der Waals surface area (Å²) in [6, 6.07) is 6.47. The molecule has 0 unspecified atom stereocenters. The van der Waals surface area contributed by atoms with Crippen LogP contribution in [0.2, 0.25) is 5.28 Å². The summed E-state index contributed by atoms with van der Waals surface area (Å²) in [4.78, 5) is 10.7. The zero-order valence-corrected chi connectivity index (χ0v) is 16.4. The molecule has 0 spiro atoms. The Balaban J connectivity index is 1.81. The molecule has 142 valence electrons. The quantitative estimate of drug-likeness (QED) is 0.658. The topological polar surface area (TPSA) is 101 Å². The summed E-state index contributed by atoms with van der Waals surface area (Å²) in [5.74, 6) is 0.605. The Kier molecular flexibility index (Phi) is 4.13. The highest BCUT2D eigenvalue weighted by atomic mass is 35.5. The van der Waals surface area contributed by atoms with Crippen LogP contribution in [-0.4, -0.2) is 58.2 Å². The first kappa shape index (κ1) is 18.1. The molecule has 3 aromatic rings. The zero-order valence-electron chi connectivity index (χ0n) is 14.8. The van der Waals surface area contributed by atoms with E-state index < -0.39 is 15.4 Å². The maximum atomic E-state index is 11.8. The molecular formula is C17H18ClN5O3S. The third kappa shape index (κ3) is 3.15. The predicted molar refractivity (Wildman–Crippen MR) is 102 cm³/mol. The Morgan fingerprint density at radius 3 is 2.70 bits per heavy atom. The van der Waals surface area contributed by atoms with Crippen molar-refractivity contribution in [2.75, 3.05) is 24.2 Å². The molecule has 0 saturated carbocycles. The second-order valence-electron chi connectivity index (χ2n) is 6.81. The van der Waals surface area contributed by atoms with Crippen molar-refractivity contribution >= 4 is 38.3 Å². The minimum Gasteiger partial charge on any atom is -0.386 e. The van der Waals surface area contributed by atoms with Crippen LogP contribution in [0.3, 0.4) is 0 Å². The predicted octanol–water partition coefficient (Wildman–Crippen LogP) is 1.83. The van der Waals surface area contributed by atoms with E-state index in [0.717, 1.165) is 6.26 Å². The summed E-state index contributed by atoms with van der Waals surface area (Å²) < 4.78 is 25.2. The van der Waals surface area contributed by atoms with Gasteiger partial charge in [-0.3, -0.25) is 0 Å². The Morgan fingerprint density at radius 1 is 1.30 bits per heavy atom. The molecule has 1 aliphatic rings. The number of aromatic nitrogens is 4. The van der Waals surface area contributed by atoms with Gasteiger partial charge in [-0.05, 0) is 36.2 Å². The number of rotatable bonds is 4. The summed E-state index contributed by atoms with van der Waals surface area (Å²) in [7, 11) is -3.35. The van der Waals surface area contributed by atoms with Crippen LogP contribution in [0.5, 0.6) is 0 Å². The van der Waals surface area contributed by atoms with Crippen LogP contribution in [0.1, 0.15) is 13.3 Å². The molecule has 3 heterocycles. The number of sulfone groups is 1. The lowest BCUT2D eigenvalue weighted by Gasteiger charge is -2.46. The van der Waals surface area contributed by atoms with Gasteiger partial charge in [-0.2, -0.15) is 15.1 Å². The maximum absolute atomic E-state index is 11.8. The van der Waals surface area contributed by atoms with E-state index in [9.17, 15) is 13.5 Å². The first-order chi connectivity index (χ1) is 12.7. The van der Waals surface area contributed by atoms with Crippen molar-refractivity contribution in [3.63, 3.8) is 0 Å². The van der Waals surface area contributed by atoms with Gasteiger partial charge >= 0.3 is 0 Å². The smallest absolute Gasteiger partial charge is 0.226 e. The first-order valence-electron chi connectivity index (χ1n) is 8.39. The number of fused-ring (bicyclic) bond motifs is 1. The Hall–Kier alpha value is -2.23. The molecule has 2 aromatic heterocycles. The van der Waals surface area contributed by atoms with E-state index in [1.54, 1.807) is 18.3 Å². The van der Waals surface area contributed by atoms with Crippen LogP contribution in [0.4, 0.5) is 5.82 Å². The number of aliphatic hydroxyl groups is 1. The lowest BCUT2D eigenvalue weighted by Crippen LogP contribution is -2.61. The molecule has 1 aromatic carbocycles. The highest BCUT2D eigenvalue weighted by Gasteiger charge is 2.41. The molecule has 0 amide bonds. The van der Waals surface area contributed by atoms with Crippen molar-refractivity contribution in [1.29, 1.82) is 0 Å². The minimum atomic E-state index is -3.35. The number of β-amino-alcohol motifs (C(OH)–C–C–N with tert-alkyl or cyclic N) is 1. The van der Waals surface area contributed by atoms with Gasteiger partial charge in [0.2, 0.25) is 5.28 Å². The van der Waals surface area contributed by atoms with Gasteiger partial charge in [0.15, 0.2) is 15.5 Å². The summed E-state index contributed by atoms with van der Waals surface area (Å²) in [5.41, 5.74) is 0.314. The van der Waals surface area contributed by atoms with E-state index >= 15 is 0 Å². The van der Waals surface area contributed by atoms with Gasteiger partial charge in [0.05, 0.1) is 27.8 Å². The van der Waals surface area contributed by atoms with Crippen molar-refractivity contribution in [2.45, 2.75) is 23.8 Å². The first-order valence-corrected chi connectivity index (χ1v) is 10.7. The van der Waals surface area contributed by atoms with Crippen molar-refractivity contribution in [2.24, 2.45) is 0 Å². The van der Waals surface area contributed by atoms with E-state index in [4.69, 9.17) is 11.6 Å². The highest BCUT2D eigenvalue weighted by Crippen LogP contribution is 2.34. The van der Waals surface area contributed by atoms with Crippen molar-refractivity contribution in [1.82, 2.24) is 19.7 Å². The van der Waals surface area contributed by atoms with E-state index in [2.05, 4.69) is 15.1 Å². The van der Waals surface area contributed by atoms with Gasteiger partial charge in [0.1, 0.15) is 5.82 Å². The molecule has 0 aliphatic carbocycles. The third-order valence-corrected chi connectivity index (χ3v) is 6.08. The second-order valence-corrected chi connectivity index (χ2v) is 9.17. The number of anilines is 1. The van der Waals surface area contributed by atoms with Crippen molar-refractivity contribution < 1.29 is 13.5 Å². The fourth-order valence-corrected chi connectivity index (χ4v) is 4.00. The standard InChI is InChI=1S/C17H18ClN5O3S/c1-3-17(24)9-22(10-17)14-13-8-19-23(15(13)21-16(18)20-14)11-5-4-6-12(7-11)27(2,25)26/h4-8,24H,3,9-10H2,1-2H3. The van der Waals surface area contributed by atoms with Crippen LogP contribution in [0.15, 0.2) is 35.4 Å². The van der Waals surface area contributed by atoms with Gasteiger partial charge in [-0.25, -0.2) is 13.1 Å². The monoisotopic (exact) mass is 407 g/mol. The molecule has 1 saturated heterocycles. The Morgan fingerprint density at radius 2 is 2.04 bits per heavy atom. The highest BCUT2D eigenvalue weighted by molar-refractivity contribution is 7.90. The van der Waals surface area contributed by atoms with Gasteiger partial charge in [0, 0.05) is 19.3 Å². The number of benzene rings is 1. The molecule has 10 heteroatoms. The molecule has 0 atom stereocenters. The normalized spacial score (nSPS) is 16.5. The molecule has 8 nitrogen and oxygen atoms in total. The van der Waals surface area contributed by atoms with Gasteiger partial charge in [-0.1, -0.05) is 13.0 Å². The third-order valence-electron chi connectivity index (χ3n) is 4.80. The molecule has 0 radical (unpaired) electrons. The molecule has 1 N–H and O–H groups in total. The fraction of sp³-hybridized carbons (Fsp3) is 0.353. The average Bonchev–Trinajstić information content (AvgIpc) is 3.01. The average molecular weight is 408 g/mol. The van der Waals surface area contributed by atoms with Crippen LogP contribution in [0, 0.1) is 0 Å². The summed E-state index contributed by atoms with van der Waals surface area (Å²) in [5, 5.41) is 15.4. The van der Waals surface area contributed by atoms with Gasteiger partial charge < -0.3 is 10.0 Å². The molecule has 1 aliphatic heterocycles. The molecular weight excluding hydrogens is 390 g/mol. The van der Waals surface area contributed by atoms with Crippen molar-refractivity contribution in [3.8, 4) is 5.69 Å². The fourth-order valence-electron chi connectivity index (χ4n) is 3.18. The number of halogens is 1. The van der Waals surface area contributed by atoms with Crippen LogP contribution in [-0.2, 0) is 9.84 Å². The lowest BCUT2D eigenvalue weighted by atomic mass is 9.91. The van der Waals surface area contributed by atoms with Crippen LogP contribution >= 0.6 is 11.6 Å². The van der Waals surface area contributed by atoms with E-state index in [-0.39, 0.29) is 10.2 Å². The molecule has 4 rings (SSSR count). The van der Waals surface area contributed by atoms with Crippen molar-refractivity contribution in [3.05, 3.63) is 35.7 Å². The lowest BCUT2D eigenvalue weighted by molar-refractivity contribution is 0.00823. The van der Waals surface area contributed by atoms with E-state index in [0.29, 0.717) is 42.0 Å². The zero-order chi connectivity index (χ0) is 19.4. The number of nitrogens with zero attached hydrogens (tertiary/aromatic N) is 5. The van der Waals surface area contributed by atoms with Gasteiger partial charge in [0.25, 0.3) is 0 Å². The Bertz CT molecular complexity index is 1140. The molecule has 0 bridgehead atoms. The molecule has 27 heavy (non-hydrogen) atoms. The van der Waals surface area contributed by atoms with E-state index in [1.807, 2.05) is 11.8 Å². The largest absolute Gasteiger partial charge is 0.386 e. The summed E-state index contributed by atoms with van der Waals surface area (Å²) in [6.07, 6.45) is 3.43. The van der Waals surface area contributed by atoms with E-state index in [1.165, 1.54) is 16.8 Å². The number of hydrogen-bond acceptors (Lipinski definition) is 7. The van der Waals surface area contributed by atoms with Crippen LogP contribution in [0.25, 0.3) is 16.7 Å². The number of hydrogen-bond donors (Lipinski definition) is 1. The molecule has 1 fully saturated rings. The second kappa shape index (κ2) is 6.15. The summed E-state index contributed by atoms with van der Waals surface area (Å²) in [6.45, 7) is 2.86. The van der Waals surface area contributed by atoms with Gasteiger partial charge in [-0.15, -0.1) is 0 Å². The summed E-state index contributed by atoms with van der Waals surface area (Å²) >= 11 is 6.13.